The van der Waals surface area contributed by atoms with Crippen LogP contribution in [0.5, 0.6) is 0 Å². The fraction of sp³-hybridized carbons (Fsp3) is 0.400. The molecule has 0 radical (unpaired) electrons. The maximum atomic E-state index is 12.4. The summed E-state index contributed by atoms with van der Waals surface area (Å²) in [6.07, 6.45) is 5.09. The molecule has 0 aliphatic heterocycles. The number of carbonyl (C=O) groups excluding carboxylic acids is 2. The number of carbonyl (C=O) groups is 2. The number of ether oxygens (including phenoxy) is 1. The van der Waals surface area contributed by atoms with E-state index in [0.29, 0.717) is 6.42 Å². The summed E-state index contributed by atoms with van der Waals surface area (Å²) in [4.78, 5) is 28.7. The molecule has 1 aromatic carbocycles. The second-order valence-electron chi connectivity index (χ2n) is 7.17. The van der Waals surface area contributed by atoms with Gasteiger partial charge in [0.25, 0.3) is 5.91 Å². The largest absolute Gasteiger partial charge is 0.444 e. The van der Waals surface area contributed by atoms with Crippen LogP contribution in [0, 0.1) is 0 Å². The molecule has 0 bridgehead atoms. The molecule has 2 aromatic rings. The van der Waals surface area contributed by atoms with Crippen molar-refractivity contribution in [3.05, 3.63) is 42.1 Å². The Kier molecular flexibility index (Phi) is 7.80. The molecule has 0 spiro atoms. The minimum absolute atomic E-state index is 0.390. The third kappa shape index (κ3) is 7.19. The number of rotatable bonds is 7. The number of pyridine rings is 1. The molecule has 1 atom stereocenters. The third-order valence-electron chi connectivity index (χ3n) is 3.63. The van der Waals surface area contributed by atoms with Gasteiger partial charge in [0.15, 0.2) is 0 Å². The fourth-order valence-electron chi connectivity index (χ4n) is 2.38. The fourth-order valence-corrected chi connectivity index (χ4v) is 2.85. The lowest BCUT2D eigenvalue weighted by Crippen LogP contribution is -2.47. The van der Waals surface area contributed by atoms with Gasteiger partial charge >= 0.3 is 6.09 Å². The maximum Gasteiger partial charge on any atom is 0.408 e. The average molecular weight is 403 g/mol. The van der Waals surface area contributed by atoms with Crippen LogP contribution in [0.25, 0.3) is 10.9 Å². The lowest BCUT2D eigenvalue weighted by molar-refractivity contribution is -0.123. The van der Waals surface area contributed by atoms with E-state index in [1.54, 1.807) is 44.9 Å². The quantitative estimate of drug-likeness (QED) is 0.547. The van der Waals surface area contributed by atoms with Crippen LogP contribution in [0.15, 0.2) is 41.6 Å². The van der Waals surface area contributed by atoms with Crippen molar-refractivity contribution in [2.45, 2.75) is 38.8 Å². The summed E-state index contributed by atoms with van der Waals surface area (Å²) in [5.74, 6) is 0.327. The summed E-state index contributed by atoms with van der Waals surface area (Å²) in [7, 11) is 0. The molecule has 1 unspecified atom stereocenters. The Bertz CT molecular complexity index is 849. The molecule has 0 aliphatic carbocycles. The van der Waals surface area contributed by atoms with Gasteiger partial charge in [0.2, 0.25) is 0 Å². The molecule has 2 amide bonds. The summed E-state index contributed by atoms with van der Waals surface area (Å²) < 4.78 is 5.23. The van der Waals surface area contributed by atoms with Gasteiger partial charge in [-0.1, -0.05) is 12.1 Å². The number of thioether (sulfide) groups is 1. The Hall–Kier alpha value is -2.61. The van der Waals surface area contributed by atoms with Crippen molar-refractivity contribution in [3.63, 3.8) is 0 Å². The Morgan fingerprint density at radius 1 is 1.32 bits per heavy atom. The molecule has 28 heavy (non-hydrogen) atoms. The highest BCUT2D eigenvalue weighted by atomic mass is 32.2. The normalized spacial score (nSPS) is 12.7. The number of benzene rings is 1. The van der Waals surface area contributed by atoms with Crippen molar-refractivity contribution < 1.29 is 14.3 Å². The van der Waals surface area contributed by atoms with E-state index >= 15 is 0 Å². The zero-order chi connectivity index (χ0) is 20.6. The number of nitrogens with one attached hydrogen (secondary N) is 2. The summed E-state index contributed by atoms with van der Waals surface area (Å²) >= 11 is 1.59. The van der Waals surface area contributed by atoms with Crippen LogP contribution < -0.4 is 10.7 Å². The van der Waals surface area contributed by atoms with Crippen LogP contribution in [-0.4, -0.2) is 46.9 Å². The van der Waals surface area contributed by atoms with Gasteiger partial charge < -0.3 is 10.1 Å². The third-order valence-corrected chi connectivity index (χ3v) is 4.28. The molecule has 1 aromatic heterocycles. The molecule has 2 rings (SSSR count). The Morgan fingerprint density at radius 2 is 2.11 bits per heavy atom. The van der Waals surface area contributed by atoms with E-state index in [1.807, 2.05) is 36.6 Å². The van der Waals surface area contributed by atoms with E-state index < -0.39 is 23.6 Å². The Balaban J connectivity index is 1.98. The van der Waals surface area contributed by atoms with Gasteiger partial charge in [0, 0.05) is 11.6 Å². The average Bonchev–Trinajstić information content (AvgIpc) is 2.63. The number of hydrazone groups is 1. The van der Waals surface area contributed by atoms with Crippen LogP contribution in [0.2, 0.25) is 0 Å². The van der Waals surface area contributed by atoms with Gasteiger partial charge in [-0.05, 0) is 63.0 Å². The number of hydrogen-bond acceptors (Lipinski definition) is 6. The van der Waals surface area contributed by atoms with Gasteiger partial charge in [-0.2, -0.15) is 16.9 Å². The van der Waals surface area contributed by atoms with Gasteiger partial charge in [-0.25, -0.2) is 10.2 Å². The molecule has 0 aliphatic rings. The van der Waals surface area contributed by atoms with Crippen LogP contribution in [0.3, 0.4) is 0 Å². The summed E-state index contributed by atoms with van der Waals surface area (Å²) in [6.45, 7) is 5.31. The summed E-state index contributed by atoms with van der Waals surface area (Å²) in [5.41, 5.74) is 3.59. The van der Waals surface area contributed by atoms with Crippen LogP contribution in [0.1, 0.15) is 32.8 Å². The second kappa shape index (κ2) is 10.1. The number of amides is 2. The SMILES string of the molecule is CSCCC(NC(=O)OC(C)(C)C)C(=O)NN=Cc1ccc2ncccc2c1. The predicted molar refractivity (Wildman–Crippen MR) is 114 cm³/mol. The first-order chi connectivity index (χ1) is 13.3. The predicted octanol–water partition coefficient (Wildman–Crippen LogP) is 3.33. The number of nitrogens with zero attached hydrogens (tertiary/aromatic N) is 2. The zero-order valence-electron chi connectivity index (χ0n) is 16.6. The Labute approximate surface area is 169 Å². The van der Waals surface area contributed by atoms with Crippen LogP contribution in [0.4, 0.5) is 4.79 Å². The molecule has 8 heteroatoms. The second-order valence-corrected chi connectivity index (χ2v) is 8.16. The van der Waals surface area contributed by atoms with Crippen molar-refractivity contribution in [1.29, 1.82) is 0 Å². The highest BCUT2D eigenvalue weighted by Gasteiger charge is 2.23. The topological polar surface area (TPSA) is 92.7 Å². The minimum atomic E-state index is -0.722. The zero-order valence-corrected chi connectivity index (χ0v) is 17.4. The van der Waals surface area contributed by atoms with E-state index in [0.717, 1.165) is 22.2 Å². The first kappa shape index (κ1) is 21.7. The monoisotopic (exact) mass is 402 g/mol. The molecule has 0 fully saturated rings. The van der Waals surface area contributed by atoms with E-state index in [2.05, 4.69) is 20.8 Å². The van der Waals surface area contributed by atoms with Gasteiger partial charge in [-0.15, -0.1) is 0 Å². The summed E-state index contributed by atoms with van der Waals surface area (Å²) in [6, 6.07) is 8.80. The maximum absolute atomic E-state index is 12.4. The van der Waals surface area contributed by atoms with Gasteiger partial charge in [-0.3, -0.25) is 9.78 Å². The molecule has 1 heterocycles. The van der Waals surface area contributed by atoms with Crippen molar-refractivity contribution >= 4 is 40.9 Å². The summed E-state index contributed by atoms with van der Waals surface area (Å²) in [5, 5.41) is 7.62. The van der Waals surface area contributed by atoms with Gasteiger partial charge in [0.05, 0.1) is 11.7 Å². The standard InChI is InChI=1S/C20H26N4O3S/c1-20(2,3)27-19(26)23-17(9-11-28-4)18(25)24-22-13-14-7-8-16-15(12-14)6-5-10-21-16/h5-8,10,12-13,17H,9,11H2,1-4H3,(H,23,26)(H,24,25). The minimum Gasteiger partial charge on any atom is -0.444 e. The van der Waals surface area contributed by atoms with Crippen LogP contribution >= 0.6 is 11.8 Å². The first-order valence-corrected chi connectivity index (χ1v) is 10.3. The molecule has 7 nitrogen and oxygen atoms in total. The number of fused-ring (bicyclic) bond motifs is 1. The van der Waals surface area contributed by atoms with Crippen molar-refractivity contribution in [2.24, 2.45) is 5.10 Å². The smallest absolute Gasteiger partial charge is 0.408 e. The lowest BCUT2D eigenvalue weighted by Gasteiger charge is -2.22. The molecular formula is C20H26N4O3S. The Morgan fingerprint density at radius 3 is 2.82 bits per heavy atom. The van der Waals surface area contributed by atoms with E-state index in [9.17, 15) is 9.59 Å². The number of aromatic nitrogens is 1. The molecule has 0 saturated heterocycles. The highest BCUT2D eigenvalue weighted by Crippen LogP contribution is 2.12. The molecule has 150 valence electrons. The highest BCUT2D eigenvalue weighted by molar-refractivity contribution is 7.98. The molecule has 0 saturated carbocycles. The van der Waals surface area contributed by atoms with E-state index in [1.165, 1.54) is 0 Å². The van der Waals surface area contributed by atoms with E-state index in [4.69, 9.17) is 4.74 Å². The van der Waals surface area contributed by atoms with E-state index in [-0.39, 0.29) is 0 Å². The molecular weight excluding hydrogens is 376 g/mol. The lowest BCUT2D eigenvalue weighted by atomic mass is 10.1. The number of hydrogen-bond donors (Lipinski definition) is 2. The van der Waals surface area contributed by atoms with Crippen LogP contribution in [-0.2, 0) is 9.53 Å². The molecule has 2 N–H and O–H groups in total. The number of alkyl carbamates (subject to hydrolysis) is 1. The van der Waals surface area contributed by atoms with Crippen molar-refractivity contribution in [3.8, 4) is 0 Å². The first-order valence-electron chi connectivity index (χ1n) is 8.94. The van der Waals surface area contributed by atoms with Crippen molar-refractivity contribution in [2.75, 3.05) is 12.0 Å². The van der Waals surface area contributed by atoms with Crippen molar-refractivity contribution in [1.82, 2.24) is 15.7 Å². The van der Waals surface area contributed by atoms with Gasteiger partial charge in [0.1, 0.15) is 11.6 Å².